The number of aliphatic hydroxyl groups excluding tert-OH is 3. The van der Waals surface area contributed by atoms with Gasteiger partial charge in [-0.15, -0.1) is 0 Å². The molecule has 1 fully saturated rings. The van der Waals surface area contributed by atoms with Gasteiger partial charge in [0.2, 0.25) is 0 Å². The molecule has 1 aliphatic heterocycles. The topological polar surface area (TPSA) is 194 Å². The number of nitrogens with zero attached hydrogens (tertiary/aromatic N) is 4. The molecule has 0 spiro atoms. The molecule has 14 heteroatoms. The Bertz CT molecular complexity index is 571. The molecule has 0 aromatic rings. The Kier molecular flexibility index (Phi) is 13.6. The van der Waals surface area contributed by atoms with Crippen molar-refractivity contribution in [3.05, 3.63) is 0 Å². The fourth-order valence-corrected chi connectivity index (χ4v) is 3.23. The molecule has 0 aliphatic carbocycles. The van der Waals surface area contributed by atoms with Crippen LogP contribution in [-0.2, 0) is 0 Å². The summed E-state index contributed by atoms with van der Waals surface area (Å²) in [5.74, 6) is 0. The quantitative estimate of drug-likeness (QED) is 0.290. The Morgan fingerprint density at radius 1 is 0.867 bits per heavy atom. The third-order valence-corrected chi connectivity index (χ3v) is 4.98. The van der Waals surface area contributed by atoms with E-state index in [9.17, 15) is 45.0 Å². The normalized spacial score (nSPS) is 21.6. The van der Waals surface area contributed by atoms with Crippen LogP contribution >= 0.6 is 0 Å². The van der Waals surface area contributed by atoms with Gasteiger partial charge in [-0.1, -0.05) is 0 Å². The number of hydrogen-bond acceptors (Lipinski definition) is 10. The average Bonchev–Trinajstić information content (AvgIpc) is 2.64. The molecule has 1 saturated heterocycles. The van der Waals surface area contributed by atoms with Crippen molar-refractivity contribution in [3.8, 4) is 0 Å². The van der Waals surface area contributed by atoms with E-state index in [0.29, 0.717) is 0 Å². The van der Waals surface area contributed by atoms with E-state index in [1.165, 1.54) is 11.8 Å². The zero-order chi connectivity index (χ0) is 22.1. The summed E-state index contributed by atoms with van der Waals surface area (Å²) in [6, 6.07) is -1.80. The molecule has 13 nitrogen and oxygen atoms in total. The van der Waals surface area contributed by atoms with Gasteiger partial charge in [0.15, 0.2) is 0 Å². The molecule has 1 rings (SSSR count). The molecule has 3 unspecified atom stereocenters. The molecule has 30 heavy (non-hydrogen) atoms. The van der Waals surface area contributed by atoms with E-state index in [1.807, 2.05) is 0 Å². The number of carbonyl (C=O) groups is 3. The van der Waals surface area contributed by atoms with Crippen LogP contribution in [0, 0.1) is 39.9 Å². The molecular formula is C16H27GdN4O9. The average molecular weight is 577 g/mol. The minimum Gasteiger partial charge on any atom is -0.530 e. The van der Waals surface area contributed by atoms with Crippen LogP contribution in [0.25, 0.3) is 0 Å². The molecule has 0 saturated carbocycles. The first kappa shape index (κ1) is 29.0. The van der Waals surface area contributed by atoms with Crippen molar-refractivity contribution in [2.75, 3.05) is 59.0 Å². The molecule has 0 aromatic carbocycles. The molecule has 3 amide bonds. The fraction of sp³-hybridized carbons (Fsp3) is 0.812. The maximum atomic E-state index is 11.5. The molecule has 1 aliphatic rings. The maximum Gasteiger partial charge on any atom is 3.00 e. The molecule has 1 heterocycles. The minimum absolute atomic E-state index is 0. The van der Waals surface area contributed by atoms with Gasteiger partial charge in [-0.2, -0.15) is 0 Å². The summed E-state index contributed by atoms with van der Waals surface area (Å²) in [5.41, 5.74) is 0. The van der Waals surface area contributed by atoms with Crippen molar-refractivity contribution in [1.29, 1.82) is 0 Å². The Morgan fingerprint density at radius 3 is 1.83 bits per heavy atom. The van der Waals surface area contributed by atoms with Gasteiger partial charge in [0.25, 0.3) is 0 Å². The Hall–Kier alpha value is -1.03. The van der Waals surface area contributed by atoms with Crippen molar-refractivity contribution in [2.45, 2.75) is 25.1 Å². The van der Waals surface area contributed by atoms with Gasteiger partial charge in [-0.25, -0.2) is 0 Å². The second-order valence-corrected chi connectivity index (χ2v) is 6.81. The third kappa shape index (κ3) is 8.61. The molecule has 0 aromatic heterocycles. The van der Waals surface area contributed by atoms with Gasteiger partial charge >= 0.3 is 39.9 Å². The number of amides is 3. The first-order chi connectivity index (χ1) is 13.6. The predicted octanol–water partition coefficient (Wildman–Crippen LogP) is -5.66. The summed E-state index contributed by atoms with van der Waals surface area (Å²) in [4.78, 5) is 38.2. The standard InChI is InChI=1S/C16H30N4O9.Gd/c1-11-8-19(15(26)27)5-4-18(14(24)25)3-2-17(6-7-20(11)16(28)29)12(9-21)13(23)10-22;/h11-13,21-23H,2-10H2,1H3,(H,24,25)(H,26,27)(H,28,29);/q;+3/p-3. The molecular weight excluding hydrogens is 549 g/mol. The van der Waals surface area contributed by atoms with Crippen LogP contribution in [0.4, 0.5) is 14.4 Å². The first-order valence-corrected chi connectivity index (χ1v) is 9.15. The summed E-state index contributed by atoms with van der Waals surface area (Å²) in [6.45, 7) is -0.907. The van der Waals surface area contributed by atoms with Gasteiger partial charge in [-0.3, -0.25) is 4.90 Å². The van der Waals surface area contributed by atoms with Crippen molar-refractivity contribution < 1.29 is 85.0 Å². The van der Waals surface area contributed by atoms with E-state index in [1.54, 1.807) is 0 Å². The van der Waals surface area contributed by atoms with E-state index < -0.39 is 49.7 Å². The van der Waals surface area contributed by atoms with Gasteiger partial charge < -0.3 is 59.7 Å². The van der Waals surface area contributed by atoms with Gasteiger partial charge in [0, 0.05) is 51.9 Å². The van der Waals surface area contributed by atoms with Gasteiger partial charge in [0.1, 0.15) is 18.3 Å². The van der Waals surface area contributed by atoms with E-state index >= 15 is 0 Å². The fourth-order valence-electron chi connectivity index (χ4n) is 3.23. The third-order valence-electron chi connectivity index (χ3n) is 4.98. The van der Waals surface area contributed by atoms with Crippen molar-refractivity contribution >= 4 is 18.3 Å². The van der Waals surface area contributed by atoms with Crippen LogP contribution in [-0.4, -0.2) is 130 Å². The summed E-state index contributed by atoms with van der Waals surface area (Å²) in [5, 5.41) is 62.9. The zero-order valence-corrected chi connectivity index (χ0v) is 18.8. The minimum atomic E-state index is -1.57. The van der Waals surface area contributed by atoms with Crippen LogP contribution < -0.4 is 15.3 Å². The van der Waals surface area contributed by atoms with E-state index in [0.717, 1.165) is 14.7 Å². The largest absolute Gasteiger partial charge is 3.00 e. The molecule has 1 radical (unpaired) electrons. The smallest absolute Gasteiger partial charge is 0.530 e. The first-order valence-electron chi connectivity index (χ1n) is 9.15. The van der Waals surface area contributed by atoms with Crippen LogP contribution in [0.2, 0.25) is 0 Å². The van der Waals surface area contributed by atoms with E-state index in [2.05, 4.69) is 0 Å². The van der Waals surface area contributed by atoms with Crippen LogP contribution in [0.1, 0.15) is 6.92 Å². The van der Waals surface area contributed by atoms with Crippen LogP contribution in [0.3, 0.4) is 0 Å². The van der Waals surface area contributed by atoms with E-state index in [-0.39, 0.29) is 85.8 Å². The summed E-state index contributed by atoms with van der Waals surface area (Å²) >= 11 is 0. The number of hydrogen-bond donors (Lipinski definition) is 3. The summed E-state index contributed by atoms with van der Waals surface area (Å²) in [7, 11) is 0. The van der Waals surface area contributed by atoms with Gasteiger partial charge in [0.05, 0.1) is 25.4 Å². The summed E-state index contributed by atoms with van der Waals surface area (Å²) in [6.07, 6.45) is -5.98. The van der Waals surface area contributed by atoms with Gasteiger partial charge in [-0.05, 0) is 6.92 Å². The molecule has 3 N–H and O–H groups in total. The number of rotatable bonds is 4. The van der Waals surface area contributed by atoms with Crippen molar-refractivity contribution in [1.82, 2.24) is 19.6 Å². The summed E-state index contributed by atoms with van der Waals surface area (Å²) < 4.78 is 0. The van der Waals surface area contributed by atoms with Crippen molar-refractivity contribution in [2.24, 2.45) is 0 Å². The monoisotopic (exact) mass is 577 g/mol. The maximum absolute atomic E-state index is 11.5. The van der Waals surface area contributed by atoms with Crippen LogP contribution in [0.15, 0.2) is 0 Å². The Balaban J connectivity index is 0.00000841. The number of carboxylic acid groups (broad SMARTS) is 3. The molecule has 3 atom stereocenters. The van der Waals surface area contributed by atoms with E-state index in [4.69, 9.17) is 0 Å². The van der Waals surface area contributed by atoms with Crippen LogP contribution in [0.5, 0.6) is 0 Å². The Morgan fingerprint density at radius 2 is 1.37 bits per heavy atom. The zero-order valence-electron chi connectivity index (χ0n) is 16.5. The second-order valence-electron chi connectivity index (χ2n) is 6.81. The second kappa shape index (κ2) is 14.1. The Labute approximate surface area is 206 Å². The van der Waals surface area contributed by atoms with Crippen molar-refractivity contribution in [3.63, 3.8) is 0 Å². The predicted molar refractivity (Wildman–Crippen MR) is 91.0 cm³/mol. The number of carbonyl (C=O) groups excluding carboxylic acids is 3. The number of aliphatic hydroxyl groups is 3. The molecule has 0 bridgehead atoms. The SMILES string of the molecule is CC1CN(C(=O)[O-])CCN(C(=O)[O-])CCN(C(CO)C(O)CO)CCN1C(=O)[O-].[Gd+3]. The molecule has 173 valence electrons.